The van der Waals surface area contributed by atoms with Crippen LogP contribution in [0.25, 0.3) is 0 Å². The van der Waals surface area contributed by atoms with Crippen LogP contribution in [0, 0.1) is 0 Å². The molecule has 10 heteroatoms. The minimum absolute atomic E-state index is 0.158. The Morgan fingerprint density at radius 3 is 2.29 bits per heavy atom. The Bertz CT molecular complexity index is 1050. The van der Waals surface area contributed by atoms with Gasteiger partial charge in [0.2, 0.25) is 10.0 Å². The number of amides is 1. The van der Waals surface area contributed by atoms with Crippen molar-refractivity contribution in [1.29, 1.82) is 0 Å². The van der Waals surface area contributed by atoms with Gasteiger partial charge in [0, 0.05) is 51.0 Å². The Kier molecular flexibility index (Phi) is 7.19. The van der Waals surface area contributed by atoms with Crippen molar-refractivity contribution in [3.63, 3.8) is 0 Å². The van der Waals surface area contributed by atoms with Gasteiger partial charge in [0.25, 0.3) is 5.91 Å². The summed E-state index contributed by atoms with van der Waals surface area (Å²) in [4.78, 5) is 28.2. The summed E-state index contributed by atoms with van der Waals surface area (Å²) < 4.78 is 31.9. The zero-order valence-electron chi connectivity index (χ0n) is 17.3. The summed E-state index contributed by atoms with van der Waals surface area (Å²) in [5, 5.41) is 0.456. The predicted octanol–water partition coefficient (Wildman–Crippen LogP) is 2.10. The van der Waals surface area contributed by atoms with Gasteiger partial charge in [0.1, 0.15) is 0 Å². The van der Waals surface area contributed by atoms with Crippen LogP contribution in [0.3, 0.4) is 0 Å². The minimum atomic E-state index is -3.65. The summed E-state index contributed by atoms with van der Waals surface area (Å²) in [6.07, 6.45) is 0. The van der Waals surface area contributed by atoms with Gasteiger partial charge >= 0.3 is 5.97 Å². The zero-order valence-corrected chi connectivity index (χ0v) is 18.9. The second-order valence-electron chi connectivity index (χ2n) is 7.26. The smallest absolute Gasteiger partial charge is 0.338 e. The average Bonchev–Trinajstić information content (AvgIpc) is 2.77. The Balaban J connectivity index is 1.53. The van der Waals surface area contributed by atoms with Crippen LogP contribution in [-0.4, -0.2) is 76.4 Å². The number of carbonyl (C=O) groups excluding carboxylic acids is 2. The second kappa shape index (κ2) is 9.67. The molecule has 0 aromatic heterocycles. The number of piperazine rings is 1. The quantitative estimate of drug-likeness (QED) is 0.607. The normalized spacial score (nSPS) is 14.9. The molecule has 1 aliphatic heterocycles. The number of carbonyl (C=O) groups is 2. The van der Waals surface area contributed by atoms with Crippen molar-refractivity contribution in [2.75, 3.05) is 51.8 Å². The molecule has 3 rings (SSSR count). The van der Waals surface area contributed by atoms with E-state index in [1.807, 2.05) is 25.1 Å². The zero-order chi connectivity index (χ0) is 22.6. The molecular weight excluding hydrogens is 442 g/mol. The van der Waals surface area contributed by atoms with Crippen LogP contribution in [-0.2, 0) is 19.6 Å². The van der Waals surface area contributed by atoms with Crippen molar-refractivity contribution in [2.24, 2.45) is 0 Å². The molecule has 1 saturated heterocycles. The van der Waals surface area contributed by atoms with Crippen LogP contribution < -0.4 is 4.90 Å². The molecule has 166 valence electrons. The highest BCUT2D eigenvalue weighted by atomic mass is 35.5. The number of sulfonamides is 1. The molecule has 0 unspecified atom stereocenters. The van der Waals surface area contributed by atoms with Gasteiger partial charge in [-0.3, -0.25) is 4.79 Å². The largest absolute Gasteiger partial charge is 0.452 e. The molecule has 0 N–H and O–H groups in total. The van der Waals surface area contributed by atoms with E-state index in [9.17, 15) is 18.0 Å². The molecule has 1 fully saturated rings. The highest BCUT2D eigenvalue weighted by Crippen LogP contribution is 2.20. The lowest BCUT2D eigenvalue weighted by atomic mass is 10.2. The molecule has 31 heavy (non-hydrogen) atoms. The number of esters is 1. The summed E-state index contributed by atoms with van der Waals surface area (Å²) in [6.45, 7) is 0.374. The molecule has 8 nitrogen and oxygen atoms in total. The lowest BCUT2D eigenvalue weighted by Crippen LogP contribution is -2.51. The van der Waals surface area contributed by atoms with Gasteiger partial charge in [0.15, 0.2) is 6.61 Å². The molecule has 0 spiro atoms. The van der Waals surface area contributed by atoms with Gasteiger partial charge in [-0.25, -0.2) is 13.2 Å². The third kappa shape index (κ3) is 5.55. The molecule has 1 aliphatic rings. The number of halogens is 1. The third-order valence-corrected chi connectivity index (χ3v) is 7.13. The molecule has 0 saturated carbocycles. The average molecular weight is 466 g/mol. The van der Waals surface area contributed by atoms with E-state index in [1.54, 1.807) is 18.2 Å². The fraction of sp³-hybridized carbons (Fsp3) is 0.333. The maximum Gasteiger partial charge on any atom is 0.338 e. The van der Waals surface area contributed by atoms with Crippen LogP contribution in [0.5, 0.6) is 0 Å². The first kappa shape index (κ1) is 23.1. The third-order valence-electron chi connectivity index (χ3n) is 4.97. The molecule has 0 radical (unpaired) electrons. The highest BCUT2D eigenvalue weighted by molar-refractivity contribution is 7.89. The lowest BCUT2D eigenvalue weighted by molar-refractivity contribution is -0.135. The van der Waals surface area contributed by atoms with Gasteiger partial charge in [0.05, 0.1) is 10.5 Å². The summed E-state index contributed by atoms with van der Waals surface area (Å²) in [5.74, 6) is -0.943. The van der Waals surface area contributed by atoms with Crippen molar-refractivity contribution in [2.45, 2.75) is 4.90 Å². The maximum absolute atomic E-state index is 12.7. The van der Waals surface area contributed by atoms with Crippen molar-refractivity contribution >= 4 is 39.2 Å². The monoisotopic (exact) mass is 465 g/mol. The second-order valence-corrected chi connectivity index (χ2v) is 9.63. The molecule has 0 atom stereocenters. The molecule has 2 aromatic carbocycles. The van der Waals surface area contributed by atoms with E-state index in [0.717, 1.165) is 5.69 Å². The molecular formula is C21H24ClN3O5S. The lowest BCUT2D eigenvalue weighted by Gasteiger charge is -2.33. The SMILES string of the molecule is CN(C)c1cccc(C(=O)OCC(=O)N2CCN(S(=O)(=O)c3ccc(Cl)cc3)CC2)c1. The number of nitrogens with zero attached hydrogens (tertiary/aromatic N) is 3. The summed E-state index contributed by atoms with van der Waals surface area (Å²) >= 11 is 5.82. The molecule has 1 heterocycles. The van der Waals surface area contributed by atoms with Crippen LogP contribution in [0.2, 0.25) is 5.02 Å². The van der Waals surface area contributed by atoms with Gasteiger partial charge in [-0.2, -0.15) is 4.31 Å². The number of anilines is 1. The minimum Gasteiger partial charge on any atom is -0.452 e. The van der Waals surface area contributed by atoms with Crippen molar-refractivity contribution in [3.05, 3.63) is 59.1 Å². The fourth-order valence-electron chi connectivity index (χ4n) is 3.15. The molecule has 0 bridgehead atoms. The van der Waals surface area contributed by atoms with Gasteiger partial charge in [-0.1, -0.05) is 17.7 Å². The van der Waals surface area contributed by atoms with Crippen LogP contribution in [0.4, 0.5) is 5.69 Å². The highest BCUT2D eigenvalue weighted by Gasteiger charge is 2.30. The number of rotatable bonds is 6. The van der Waals surface area contributed by atoms with E-state index in [4.69, 9.17) is 16.3 Å². The van der Waals surface area contributed by atoms with Gasteiger partial charge in [-0.15, -0.1) is 0 Å². The first-order valence-electron chi connectivity index (χ1n) is 9.66. The van der Waals surface area contributed by atoms with E-state index >= 15 is 0 Å². The summed E-state index contributed by atoms with van der Waals surface area (Å²) in [7, 11) is 0.0703. The standard InChI is InChI=1S/C21H24ClN3O5S/c1-23(2)18-5-3-4-16(14-18)21(27)30-15-20(26)24-10-12-25(13-11-24)31(28,29)19-8-6-17(22)7-9-19/h3-9,14H,10-13,15H2,1-2H3. The van der Waals surface area contributed by atoms with Crippen LogP contribution >= 0.6 is 11.6 Å². The Morgan fingerprint density at radius 2 is 1.68 bits per heavy atom. The number of hydrogen-bond acceptors (Lipinski definition) is 6. The number of benzene rings is 2. The number of ether oxygens (including phenoxy) is 1. The molecule has 0 aliphatic carbocycles. The van der Waals surface area contributed by atoms with Gasteiger partial charge in [-0.05, 0) is 42.5 Å². The maximum atomic E-state index is 12.7. The van der Waals surface area contributed by atoms with Crippen LogP contribution in [0.15, 0.2) is 53.4 Å². The fourth-order valence-corrected chi connectivity index (χ4v) is 4.69. The van der Waals surface area contributed by atoms with Crippen LogP contribution in [0.1, 0.15) is 10.4 Å². The van der Waals surface area contributed by atoms with E-state index in [0.29, 0.717) is 10.6 Å². The summed E-state index contributed by atoms with van der Waals surface area (Å²) in [6, 6.07) is 12.9. The Hall–Kier alpha value is -2.62. The topological polar surface area (TPSA) is 87.2 Å². The Labute approximate surface area is 187 Å². The molecule has 1 amide bonds. The Morgan fingerprint density at radius 1 is 1.03 bits per heavy atom. The van der Waals surface area contributed by atoms with E-state index in [-0.39, 0.29) is 37.0 Å². The van der Waals surface area contributed by atoms with Crippen molar-refractivity contribution < 1.29 is 22.7 Å². The molecule has 2 aromatic rings. The first-order chi connectivity index (χ1) is 14.7. The first-order valence-corrected chi connectivity index (χ1v) is 11.5. The van der Waals surface area contributed by atoms with Crippen molar-refractivity contribution in [3.8, 4) is 0 Å². The van der Waals surface area contributed by atoms with E-state index in [2.05, 4.69) is 0 Å². The summed E-state index contributed by atoms with van der Waals surface area (Å²) in [5.41, 5.74) is 1.21. The predicted molar refractivity (Wildman–Crippen MR) is 118 cm³/mol. The van der Waals surface area contributed by atoms with Gasteiger partial charge < -0.3 is 14.5 Å². The van der Waals surface area contributed by atoms with Crippen molar-refractivity contribution in [1.82, 2.24) is 9.21 Å². The number of hydrogen-bond donors (Lipinski definition) is 0. The van der Waals surface area contributed by atoms with E-state index in [1.165, 1.54) is 33.5 Å². The van der Waals surface area contributed by atoms with E-state index < -0.39 is 22.6 Å².